The summed E-state index contributed by atoms with van der Waals surface area (Å²) < 4.78 is 1.21. The molecule has 3 aromatic rings. The zero-order valence-corrected chi connectivity index (χ0v) is 16.8. The summed E-state index contributed by atoms with van der Waals surface area (Å²) in [6.45, 7) is 5.06. The highest BCUT2D eigenvalue weighted by Crippen LogP contribution is 2.44. The quantitative estimate of drug-likeness (QED) is 0.655. The van der Waals surface area contributed by atoms with Gasteiger partial charge in [0.2, 0.25) is 5.95 Å². The predicted molar refractivity (Wildman–Crippen MR) is 111 cm³/mol. The molecule has 3 heterocycles. The van der Waals surface area contributed by atoms with Crippen LogP contribution in [0.5, 0.6) is 0 Å². The van der Waals surface area contributed by atoms with Crippen molar-refractivity contribution in [2.24, 2.45) is 5.92 Å². The van der Waals surface area contributed by atoms with Crippen molar-refractivity contribution in [2.75, 3.05) is 24.2 Å². The highest BCUT2D eigenvalue weighted by atomic mass is 32.1. The van der Waals surface area contributed by atoms with Gasteiger partial charge in [0.05, 0.1) is 21.7 Å². The van der Waals surface area contributed by atoms with Crippen LogP contribution in [-0.2, 0) is 0 Å². The fraction of sp³-hybridized carbons (Fsp3) is 0.500. The van der Waals surface area contributed by atoms with E-state index in [1.54, 1.807) is 11.3 Å². The van der Waals surface area contributed by atoms with E-state index in [1.165, 1.54) is 36.1 Å². The molecule has 0 spiro atoms. The van der Waals surface area contributed by atoms with E-state index in [-0.39, 0.29) is 0 Å². The molecule has 0 saturated heterocycles. The second-order valence-electron chi connectivity index (χ2n) is 7.72. The van der Waals surface area contributed by atoms with Crippen molar-refractivity contribution in [3.05, 3.63) is 23.1 Å². The largest absolute Gasteiger partial charge is 0.372 e. The second-order valence-corrected chi connectivity index (χ2v) is 8.75. The van der Waals surface area contributed by atoms with Crippen LogP contribution in [-0.4, -0.2) is 33.5 Å². The van der Waals surface area contributed by atoms with Crippen LogP contribution < -0.4 is 10.6 Å². The topological polar surface area (TPSA) is 75.6 Å². The summed E-state index contributed by atoms with van der Waals surface area (Å²) in [6, 6.07) is 2.14. The molecular weight excluding hydrogens is 356 g/mol. The van der Waals surface area contributed by atoms with Gasteiger partial charge in [-0.2, -0.15) is 4.98 Å². The Kier molecular flexibility index (Phi) is 4.00. The third kappa shape index (κ3) is 3.25. The van der Waals surface area contributed by atoms with Gasteiger partial charge in [-0.25, -0.2) is 9.97 Å². The van der Waals surface area contributed by atoms with Crippen LogP contribution in [0.2, 0.25) is 0 Å². The Hall–Kier alpha value is -2.28. The zero-order chi connectivity index (χ0) is 18.5. The minimum Gasteiger partial charge on any atom is -0.372 e. The van der Waals surface area contributed by atoms with Crippen LogP contribution in [0.3, 0.4) is 0 Å². The monoisotopic (exact) mass is 380 g/mol. The number of aryl methyl sites for hydroxylation is 2. The summed E-state index contributed by atoms with van der Waals surface area (Å²) in [5, 5.41) is 7.59. The van der Waals surface area contributed by atoms with Gasteiger partial charge < -0.3 is 10.6 Å². The van der Waals surface area contributed by atoms with Gasteiger partial charge in [0.15, 0.2) is 0 Å². The van der Waals surface area contributed by atoms with Gasteiger partial charge in [-0.15, -0.1) is 11.3 Å². The van der Waals surface area contributed by atoms with E-state index in [0.29, 0.717) is 11.9 Å². The number of thiazole rings is 1. The Balaban J connectivity index is 1.57. The molecule has 2 saturated carbocycles. The molecule has 0 aromatic carbocycles. The molecule has 0 atom stereocenters. The first-order valence-corrected chi connectivity index (χ1v) is 10.5. The molecule has 5 rings (SSSR count). The fourth-order valence-corrected chi connectivity index (χ4v) is 4.64. The molecule has 2 N–H and O–H groups in total. The van der Waals surface area contributed by atoms with Gasteiger partial charge in [0.1, 0.15) is 16.3 Å². The molecule has 3 aromatic heterocycles. The Labute approximate surface area is 162 Å². The lowest BCUT2D eigenvalue weighted by molar-refractivity contribution is 0.871. The van der Waals surface area contributed by atoms with Crippen molar-refractivity contribution in [1.29, 1.82) is 0 Å². The Morgan fingerprint density at radius 2 is 1.89 bits per heavy atom. The van der Waals surface area contributed by atoms with Gasteiger partial charge in [-0.3, -0.25) is 4.98 Å². The maximum atomic E-state index is 4.98. The van der Waals surface area contributed by atoms with E-state index in [2.05, 4.69) is 23.6 Å². The average molecular weight is 381 g/mol. The zero-order valence-electron chi connectivity index (χ0n) is 16.0. The smallest absolute Gasteiger partial charge is 0.224 e. The van der Waals surface area contributed by atoms with Gasteiger partial charge >= 0.3 is 0 Å². The van der Waals surface area contributed by atoms with Gasteiger partial charge in [-0.05, 0) is 51.5 Å². The molecule has 6 nitrogen and oxygen atoms in total. The predicted octanol–water partition coefficient (Wildman–Crippen LogP) is 4.51. The molecule has 0 radical (unpaired) electrons. The highest BCUT2D eigenvalue weighted by molar-refractivity contribution is 7.21. The van der Waals surface area contributed by atoms with Crippen LogP contribution in [0, 0.1) is 19.8 Å². The number of pyridine rings is 1. The molecule has 2 aliphatic carbocycles. The minimum absolute atomic E-state index is 0.581. The van der Waals surface area contributed by atoms with Crippen molar-refractivity contribution >= 4 is 33.3 Å². The molecule has 7 heteroatoms. The van der Waals surface area contributed by atoms with Crippen molar-refractivity contribution < 1.29 is 0 Å². The van der Waals surface area contributed by atoms with E-state index in [9.17, 15) is 0 Å². The van der Waals surface area contributed by atoms with Gasteiger partial charge in [0.25, 0.3) is 0 Å². The minimum atomic E-state index is 0.581. The standard InChI is InChI=1S/C20H24N6S/c1-10-8-14-17(16(23-10)13-6-7-13)25-19(27-14)15-11(2)24-20(26-18(15)21-3)22-9-12-4-5-12/h8,12-13H,4-7,9H2,1-3H3,(H2,21,22,24,26). The normalized spacial score (nSPS) is 16.7. The average Bonchev–Trinajstić information content (AvgIpc) is 3.56. The van der Waals surface area contributed by atoms with Crippen LogP contribution >= 0.6 is 11.3 Å². The van der Waals surface area contributed by atoms with Gasteiger partial charge in [-0.1, -0.05) is 0 Å². The Morgan fingerprint density at radius 1 is 1.07 bits per heavy atom. The SMILES string of the molecule is CNc1nc(NCC2CC2)nc(C)c1-c1nc2c(C3CC3)nc(C)cc2s1. The molecule has 0 bridgehead atoms. The van der Waals surface area contributed by atoms with Crippen LogP contribution in [0.25, 0.3) is 20.8 Å². The maximum absolute atomic E-state index is 4.98. The van der Waals surface area contributed by atoms with E-state index in [4.69, 9.17) is 19.9 Å². The number of aromatic nitrogens is 4. The molecular formula is C20H24N6S. The number of hydrogen-bond acceptors (Lipinski definition) is 7. The summed E-state index contributed by atoms with van der Waals surface area (Å²) in [4.78, 5) is 19.2. The van der Waals surface area contributed by atoms with E-state index < -0.39 is 0 Å². The van der Waals surface area contributed by atoms with E-state index in [0.717, 1.165) is 45.8 Å². The van der Waals surface area contributed by atoms with Crippen LogP contribution in [0.4, 0.5) is 11.8 Å². The first-order chi connectivity index (χ1) is 13.1. The summed E-state index contributed by atoms with van der Waals surface area (Å²) in [7, 11) is 1.91. The van der Waals surface area contributed by atoms with Gasteiger partial charge in [0, 0.05) is 25.2 Å². The van der Waals surface area contributed by atoms with Crippen molar-refractivity contribution in [3.8, 4) is 10.6 Å². The second kappa shape index (κ2) is 6.41. The lowest BCUT2D eigenvalue weighted by Gasteiger charge is -2.12. The molecule has 0 unspecified atom stereocenters. The summed E-state index contributed by atoms with van der Waals surface area (Å²) in [5.41, 5.74) is 5.24. The van der Waals surface area contributed by atoms with Crippen LogP contribution in [0.15, 0.2) is 6.07 Å². The summed E-state index contributed by atoms with van der Waals surface area (Å²) >= 11 is 1.71. The number of nitrogens with zero attached hydrogens (tertiary/aromatic N) is 4. The molecule has 27 heavy (non-hydrogen) atoms. The third-order valence-corrected chi connectivity index (χ3v) is 6.30. The number of fused-ring (bicyclic) bond motifs is 1. The van der Waals surface area contributed by atoms with E-state index in [1.807, 2.05) is 14.0 Å². The van der Waals surface area contributed by atoms with Crippen LogP contribution in [0.1, 0.15) is 48.7 Å². The number of anilines is 2. The molecule has 2 fully saturated rings. The molecule has 2 aliphatic rings. The lowest BCUT2D eigenvalue weighted by atomic mass is 10.2. The number of nitrogens with one attached hydrogen (secondary N) is 2. The summed E-state index contributed by atoms with van der Waals surface area (Å²) in [5.74, 6) is 2.90. The fourth-order valence-electron chi connectivity index (χ4n) is 3.47. The Bertz CT molecular complexity index is 1020. The number of hydrogen-bond donors (Lipinski definition) is 2. The third-order valence-electron chi connectivity index (χ3n) is 5.28. The molecule has 0 aliphatic heterocycles. The van der Waals surface area contributed by atoms with E-state index >= 15 is 0 Å². The number of rotatable bonds is 6. The first-order valence-electron chi connectivity index (χ1n) is 9.71. The maximum Gasteiger partial charge on any atom is 0.224 e. The van der Waals surface area contributed by atoms with Crippen molar-refractivity contribution in [3.63, 3.8) is 0 Å². The summed E-state index contributed by atoms with van der Waals surface area (Å²) in [6.07, 6.45) is 5.07. The first kappa shape index (κ1) is 16.9. The molecule has 140 valence electrons. The lowest BCUT2D eigenvalue weighted by Crippen LogP contribution is -2.10. The van der Waals surface area contributed by atoms with Crippen molar-refractivity contribution in [2.45, 2.75) is 45.4 Å². The van der Waals surface area contributed by atoms with Crippen molar-refractivity contribution in [1.82, 2.24) is 19.9 Å². The Morgan fingerprint density at radius 3 is 2.59 bits per heavy atom. The molecule has 0 amide bonds. The highest BCUT2D eigenvalue weighted by Gasteiger charge is 2.29.